The Morgan fingerprint density at radius 1 is 1.29 bits per heavy atom. The Kier molecular flexibility index (Phi) is 6.10. The highest BCUT2D eigenvalue weighted by molar-refractivity contribution is 5.74. The fraction of sp³-hybridized carbons (Fsp3) is 0.632. The standard InChI is InChI=1S/C19H31N3O2/c1-14(2)19(4,24)13-20-18(23)21-15(3)16-8-7-9-17(12-16)22-10-5-6-11-22/h7-9,12,14-15,24H,5-6,10-11,13H2,1-4H3,(H2,20,21,23). The first-order valence-corrected chi connectivity index (χ1v) is 8.91. The minimum atomic E-state index is -0.907. The zero-order chi connectivity index (χ0) is 17.7. The monoisotopic (exact) mass is 333 g/mol. The summed E-state index contributed by atoms with van der Waals surface area (Å²) < 4.78 is 0. The molecular formula is C19H31N3O2. The van der Waals surface area contributed by atoms with Crippen LogP contribution in [0.4, 0.5) is 10.5 Å². The molecule has 1 saturated heterocycles. The van der Waals surface area contributed by atoms with Gasteiger partial charge in [0.25, 0.3) is 0 Å². The van der Waals surface area contributed by atoms with Crippen molar-refractivity contribution < 1.29 is 9.90 Å². The van der Waals surface area contributed by atoms with E-state index >= 15 is 0 Å². The van der Waals surface area contributed by atoms with Gasteiger partial charge in [0.1, 0.15) is 0 Å². The Balaban J connectivity index is 1.90. The second kappa shape index (κ2) is 7.88. The maximum absolute atomic E-state index is 12.1. The van der Waals surface area contributed by atoms with Crippen molar-refractivity contribution in [2.45, 2.75) is 52.2 Å². The molecule has 1 aliphatic heterocycles. The number of amides is 2. The van der Waals surface area contributed by atoms with E-state index in [0.717, 1.165) is 18.7 Å². The van der Waals surface area contributed by atoms with E-state index < -0.39 is 5.60 Å². The summed E-state index contributed by atoms with van der Waals surface area (Å²) >= 11 is 0. The minimum Gasteiger partial charge on any atom is -0.388 e. The third-order valence-corrected chi connectivity index (χ3v) is 5.04. The molecule has 2 unspecified atom stereocenters. The third-order valence-electron chi connectivity index (χ3n) is 5.04. The van der Waals surface area contributed by atoms with Crippen LogP contribution in [-0.2, 0) is 0 Å². The van der Waals surface area contributed by atoms with Gasteiger partial charge in [-0.1, -0.05) is 26.0 Å². The zero-order valence-corrected chi connectivity index (χ0v) is 15.3. The van der Waals surface area contributed by atoms with Crippen molar-refractivity contribution in [3.05, 3.63) is 29.8 Å². The SMILES string of the molecule is CC(NC(=O)NCC(C)(O)C(C)C)c1cccc(N2CCCC2)c1. The Bertz CT molecular complexity index is 551. The largest absolute Gasteiger partial charge is 0.388 e. The van der Waals surface area contributed by atoms with Gasteiger partial charge in [0.05, 0.1) is 11.6 Å². The van der Waals surface area contributed by atoms with E-state index in [0.29, 0.717) is 0 Å². The lowest BCUT2D eigenvalue weighted by Gasteiger charge is -2.28. The third kappa shape index (κ3) is 4.87. The van der Waals surface area contributed by atoms with Crippen LogP contribution >= 0.6 is 0 Å². The molecule has 0 aliphatic carbocycles. The number of hydrogen-bond donors (Lipinski definition) is 3. The molecule has 2 atom stereocenters. The molecule has 3 N–H and O–H groups in total. The van der Waals surface area contributed by atoms with Crippen LogP contribution in [0, 0.1) is 5.92 Å². The van der Waals surface area contributed by atoms with E-state index in [-0.39, 0.29) is 24.5 Å². The van der Waals surface area contributed by atoms with Gasteiger partial charge < -0.3 is 20.6 Å². The topological polar surface area (TPSA) is 64.6 Å². The Labute approximate surface area is 145 Å². The number of anilines is 1. The summed E-state index contributed by atoms with van der Waals surface area (Å²) in [4.78, 5) is 14.5. The lowest BCUT2D eigenvalue weighted by atomic mass is 9.93. The van der Waals surface area contributed by atoms with Crippen LogP contribution < -0.4 is 15.5 Å². The Morgan fingerprint density at radius 3 is 2.58 bits per heavy atom. The van der Waals surface area contributed by atoms with Crippen molar-refractivity contribution in [2.75, 3.05) is 24.5 Å². The maximum atomic E-state index is 12.1. The molecule has 0 saturated carbocycles. The zero-order valence-electron chi connectivity index (χ0n) is 15.3. The number of benzene rings is 1. The molecule has 2 amide bonds. The highest BCUT2D eigenvalue weighted by atomic mass is 16.3. The van der Waals surface area contributed by atoms with Gasteiger partial charge in [0.2, 0.25) is 0 Å². The van der Waals surface area contributed by atoms with E-state index in [1.54, 1.807) is 6.92 Å². The minimum absolute atomic E-state index is 0.0763. The Hall–Kier alpha value is -1.75. The first-order chi connectivity index (χ1) is 11.3. The summed E-state index contributed by atoms with van der Waals surface area (Å²) in [5, 5.41) is 15.9. The molecule has 1 aliphatic rings. The van der Waals surface area contributed by atoms with Crippen molar-refractivity contribution in [3.63, 3.8) is 0 Å². The van der Waals surface area contributed by atoms with E-state index in [4.69, 9.17) is 0 Å². The molecule has 1 aromatic rings. The molecule has 24 heavy (non-hydrogen) atoms. The van der Waals surface area contributed by atoms with E-state index in [9.17, 15) is 9.90 Å². The van der Waals surface area contributed by atoms with Crippen LogP contribution in [0.15, 0.2) is 24.3 Å². The second-order valence-electron chi connectivity index (χ2n) is 7.35. The molecule has 0 spiro atoms. The molecule has 2 rings (SSSR count). The molecule has 5 nitrogen and oxygen atoms in total. The van der Waals surface area contributed by atoms with Gasteiger partial charge in [-0.3, -0.25) is 0 Å². The van der Waals surface area contributed by atoms with Crippen molar-refractivity contribution >= 4 is 11.7 Å². The predicted octanol–water partition coefficient (Wildman–Crippen LogP) is 3.05. The van der Waals surface area contributed by atoms with Gasteiger partial charge in [-0.15, -0.1) is 0 Å². The molecule has 0 bridgehead atoms. The van der Waals surface area contributed by atoms with Crippen molar-refractivity contribution in [1.29, 1.82) is 0 Å². The van der Waals surface area contributed by atoms with Gasteiger partial charge in [-0.25, -0.2) is 4.79 Å². The number of urea groups is 1. The van der Waals surface area contributed by atoms with E-state index in [1.165, 1.54) is 18.5 Å². The summed E-state index contributed by atoms with van der Waals surface area (Å²) in [7, 11) is 0. The van der Waals surface area contributed by atoms with Crippen LogP contribution in [-0.4, -0.2) is 36.4 Å². The van der Waals surface area contributed by atoms with Gasteiger partial charge in [0, 0.05) is 25.3 Å². The predicted molar refractivity (Wildman–Crippen MR) is 98.3 cm³/mol. The van der Waals surface area contributed by atoms with Gasteiger partial charge >= 0.3 is 6.03 Å². The molecule has 134 valence electrons. The highest BCUT2D eigenvalue weighted by Crippen LogP contribution is 2.24. The molecule has 5 heteroatoms. The van der Waals surface area contributed by atoms with Crippen LogP contribution in [0.2, 0.25) is 0 Å². The van der Waals surface area contributed by atoms with E-state index in [2.05, 4.69) is 27.7 Å². The lowest BCUT2D eigenvalue weighted by Crippen LogP contribution is -2.47. The summed E-state index contributed by atoms with van der Waals surface area (Å²) in [5.74, 6) is 0.0763. The summed E-state index contributed by atoms with van der Waals surface area (Å²) in [6.07, 6.45) is 2.49. The van der Waals surface area contributed by atoms with Gasteiger partial charge in [-0.2, -0.15) is 0 Å². The number of rotatable bonds is 6. The van der Waals surface area contributed by atoms with Crippen LogP contribution in [0.25, 0.3) is 0 Å². The quantitative estimate of drug-likeness (QED) is 0.750. The number of hydrogen-bond acceptors (Lipinski definition) is 3. The number of carbonyl (C=O) groups is 1. The number of nitrogens with one attached hydrogen (secondary N) is 2. The molecule has 1 aromatic carbocycles. The molecule has 1 fully saturated rings. The maximum Gasteiger partial charge on any atom is 0.315 e. The Morgan fingerprint density at radius 2 is 1.96 bits per heavy atom. The van der Waals surface area contributed by atoms with Crippen molar-refractivity contribution in [3.8, 4) is 0 Å². The molecular weight excluding hydrogens is 302 g/mol. The lowest BCUT2D eigenvalue weighted by molar-refractivity contribution is 0.0165. The van der Waals surface area contributed by atoms with E-state index in [1.807, 2.05) is 32.9 Å². The number of carbonyl (C=O) groups excluding carboxylic acids is 1. The first-order valence-electron chi connectivity index (χ1n) is 8.91. The first kappa shape index (κ1) is 18.6. The smallest absolute Gasteiger partial charge is 0.315 e. The summed E-state index contributed by atoms with van der Waals surface area (Å²) in [5.41, 5.74) is 1.41. The average molecular weight is 333 g/mol. The second-order valence-corrected chi connectivity index (χ2v) is 7.35. The molecule has 0 radical (unpaired) electrons. The van der Waals surface area contributed by atoms with Crippen LogP contribution in [0.1, 0.15) is 52.1 Å². The number of aliphatic hydroxyl groups is 1. The van der Waals surface area contributed by atoms with Crippen LogP contribution in [0.5, 0.6) is 0 Å². The number of nitrogens with zero attached hydrogens (tertiary/aromatic N) is 1. The van der Waals surface area contributed by atoms with Crippen molar-refractivity contribution in [2.24, 2.45) is 5.92 Å². The summed E-state index contributed by atoms with van der Waals surface area (Å²) in [6, 6.07) is 8.02. The van der Waals surface area contributed by atoms with Crippen LogP contribution in [0.3, 0.4) is 0 Å². The fourth-order valence-corrected chi connectivity index (χ4v) is 2.76. The van der Waals surface area contributed by atoms with Crippen molar-refractivity contribution in [1.82, 2.24) is 10.6 Å². The fourth-order valence-electron chi connectivity index (χ4n) is 2.76. The highest BCUT2D eigenvalue weighted by Gasteiger charge is 2.25. The molecule has 0 aromatic heterocycles. The molecule has 1 heterocycles. The average Bonchev–Trinajstić information content (AvgIpc) is 3.07. The van der Waals surface area contributed by atoms with Gasteiger partial charge in [0.15, 0.2) is 0 Å². The normalized spacial score (nSPS) is 18.3. The summed E-state index contributed by atoms with van der Waals surface area (Å²) in [6.45, 7) is 10.0. The van der Waals surface area contributed by atoms with Gasteiger partial charge in [-0.05, 0) is 50.3 Å².